The molecule has 4 rings (SSSR count). The van der Waals surface area contributed by atoms with Crippen molar-refractivity contribution in [1.29, 1.82) is 0 Å². The van der Waals surface area contributed by atoms with E-state index in [9.17, 15) is 13.2 Å². The second-order valence-corrected chi connectivity index (χ2v) is 11.6. The van der Waals surface area contributed by atoms with Crippen LogP contribution in [0.5, 0.6) is 0 Å². The van der Waals surface area contributed by atoms with Gasteiger partial charge in [0.05, 0.1) is 18.2 Å². The molecule has 1 amide bonds. The Morgan fingerprint density at radius 3 is 2.42 bits per heavy atom. The van der Waals surface area contributed by atoms with Crippen molar-refractivity contribution in [3.8, 4) is 0 Å². The highest BCUT2D eigenvalue weighted by Gasteiger charge is 2.31. The number of amides is 1. The molecule has 0 radical (unpaired) electrons. The van der Waals surface area contributed by atoms with Crippen molar-refractivity contribution in [2.75, 3.05) is 33.4 Å². The molecule has 9 heteroatoms. The summed E-state index contributed by atoms with van der Waals surface area (Å²) in [5.74, 6) is 0.0185. The van der Waals surface area contributed by atoms with Crippen molar-refractivity contribution in [3.63, 3.8) is 0 Å². The molecule has 1 aliphatic heterocycles. The van der Waals surface area contributed by atoms with Gasteiger partial charge < -0.3 is 9.64 Å². The van der Waals surface area contributed by atoms with Crippen molar-refractivity contribution in [2.45, 2.75) is 53.3 Å². The molecule has 1 saturated carbocycles. The standard InChI is InChI=1S/C24H31N3O4S2/c1-26(20-10-6-3-7-11-20)33(29,30)21-12-13-22(25-18-21)32-23(19-8-4-2-5-9-19)24(28)27-14-16-31-17-15-27/h2,4-5,8-9,12-13,18,20,23H,3,6-7,10-11,14-17H2,1H3/t23-/m1/s1. The van der Waals surface area contributed by atoms with Gasteiger partial charge in [-0.05, 0) is 30.5 Å². The molecule has 2 aromatic rings. The summed E-state index contributed by atoms with van der Waals surface area (Å²) in [6.45, 7) is 2.22. The lowest BCUT2D eigenvalue weighted by molar-refractivity contribution is -0.134. The highest BCUT2D eigenvalue weighted by molar-refractivity contribution is 8.00. The maximum atomic E-state index is 13.3. The summed E-state index contributed by atoms with van der Waals surface area (Å²) >= 11 is 1.35. The number of nitrogens with zero attached hydrogens (tertiary/aromatic N) is 3. The zero-order valence-electron chi connectivity index (χ0n) is 18.9. The van der Waals surface area contributed by atoms with E-state index in [1.807, 2.05) is 35.2 Å². The average Bonchev–Trinajstić information content (AvgIpc) is 2.88. The molecule has 1 aromatic carbocycles. The van der Waals surface area contributed by atoms with Gasteiger partial charge in [-0.3, -0.25) is 4.79 Å². The molecule has 0 N–H and O–H groups in total. The van der Waals surface area contributed by atoms with Crippen molar-refractivity contribution >= 4 is 27.7 Å². The lowest BCUT2D eigenvalue weighted by Gasteiger charge is -2.30. The van der Waals surface area contributed by atoms with Crippen LogP contribution in [0.25, 0.3) is 0 Å². The molecule has 1 saturated heterocycles. The lowest BCUT2D eigenvalue weighted by Crippen LogP contribution is -2.42. The quantitative estimate of drug-likeness (QED) is 0.552. The van der Waals surface area contributed by atoms with Crippen LogP contribution in [-0.2, 0) is 19.6 Å². The minimum atomic E-state index is -3.60. The lowest BCUT2D eigenvalue weighted by atomic mass is 9.96. The van der Waals surface area contributed by atoms with Crippen LogP contribution in [-0.4, -0.2) is 67.9 Å². The minimum Gasteiger partial charge on any atom is -0.378 e. The van der Waals surface area contributed by atoms with Crippen LogP contribution in [0.2, 0.25) is 0 Å². The number of benzene rings is 1. The highest BCUT2D eigenvalue weighted by Crippen LogP contribution is 2.36. The van der Waals surface area contributed by atoms with Crippen LogP contribution in [0.3, 0.4) is 0 Å². The average molecular weight is 490 g/mol. The second-order valence-electron chi connectivity index (χ2n) is 8.49. The first kappa shape index (κ1) is 24.2. The summed E-state index contributed by atoms with van der Waals surface area (Å²) in [5.41, 5.74) is 0.898. The monoisotopic (exact) mass is 489 g/mol. The molecule has 0 spiro atoms. The molecule has 0 bridgehead atoms. The van der Waals surface area contributed by atoms with Crippen molar-refractivity contribution < 1.29 is 17.9 Å². The summed E-state index contributed by atoms with van der Waals surface area (Å²) in [5, 5.41) is 0.161. The summed E-state index contributed by atoms with van der Waals surface area (Å²) in [4.78, 5) is 19.8. The molecule has 0 unspecified atom stereocenters. The Kier molecular flexibility index (Phi) is 8.06. The number of hydrogen-bond donors (Lipinski definition) is 0. The number of hydrogen-bond acceptors (Lipinski definition) is 6. The van der Waals surface area contributed by atoms with Crippen molar-refractivity contribution in [1.82, 2.24) is 14.2 Å². The van der Waals surface area contributed by atoms with Gasteiger partial charge in [0.15, 0.2) is 0 Å². The van der Waals surface area contributed by atoms with E-state index < -0.39 is 15.3 Å². The van der Waals surface area contributed by atoms with Crippen LogP contribution in [0.15, 0.2) is 58.6 Å². The van der Waals surface area contributed by atoms with Gasteiger partial charge in [-0.15, -0.1) is 0 Å². The predicted octanol–water partition coefficient (Wildman–Crippen LogP) is 3.73. The van der Waals surface area contributed by atoms with Crippen LogP contribution in [0, 0.1) is 0 Å². The molecular formula is C24H31N3O4S2. The Morgan fingerprint density at radius 1 is 1.09 bits per heavy atom. The molecule has 2 heterocycles. The van der Waals surface area contributed by atoms with Gasteiger partial charge >= 0.3 is 0 Å². The van der Waals surface area contributed by atoms with Crippen LogP contribution in [0.1, 0.15) is 42.9 Å². The fourth-order valence-electron chi connectivity index (χ4n) is 4.36. The number of thioether (sulfide) groups is 1. The Hall–Kier alpha value is -1.94. The second kappa shape index (κ2) is 11.0. The minimum absolute atomic E-state index is 0.0185. The molecule has 33 heavy (non-hydrogen) atoms. The van der Waals surface area contributed by atoms with Crippen LogP contribution < -0.4 is 0 Å². The number of pyridine rings is 1. The van der Waals surface area contributed by atoms with Gasteiger partial charge in [-0.1, -0.05) is 61.4 Å². The van der Waals surface area contributed by atoms with Gasteiger partial charge in [0.1, 0.15) is 10.1 Å². The van der Waals surface area contributed by atoms with E-state index in [0.29, 0.717) is 31.3 Å². The van der Waals surface area contributed by atoms with E-state index in [-0.39, 0.29) is 16.8 Å². The van der Waals surface area contributed by atoms with E-state index in [1.165, 1.54) is 28.7 Å². The third-order valence-electron chi connectivity index (χ3n) is 6.36. The van der Waals surface area contributed by atoms with Crippen molar-refractivity contribution in [3.05, 3.63) is 54.2 Å². The van der Waals surface area contributed by atoms with E-state index in [0.717, 1.165) is 31.2 Å². The summed E-state index contributed by atoms with van der Waals surface area (Å²) in [7, 11) is -1.93. The number of sulfonamides is 1. The number of aromatic nitrogens is 1. The van der Waals surface area contributed by atoms with Crippen LogP contribution in [0.4, 0.5) is 0 Å². The Morgan fingerprint density at radius 2 is 1.79 bits per heavy atom. The van der Waals surface area contributed by atoms with E-state index >= 15 is 0 Å². The molecule has 7 nitrogen and oxygen atoms in total. The number of ether oxygens (including phenoxy) is 1. The fraction of sp³-hybridized carbons (Fsp3) is 0.500. The summed E-state index contributed by atoms with van der Waals surface area (Å²) in [6.07, 6.45) is 6.52. The largest absolute Gasteiger partial charge is 0.378 e. The third kappa shape index (κ3) is 5.77. The smallest absolute Gasteiger partial charge is 0.244 e. The van der Waals surface area contributed by atoms with E-state index in [1.54, 1.807) is 19.2 Å². The first-order valence-corrected chi connectivity index (χ1v) is 13.8. The zero-order valence-corrected chi connectivity index (χ0v) is 20.6. The predicted molar refractivity (Wildman–Crippen MR) is 128 cm³/mol. The number of morpholine rings is 1. The van der Waals surface area contributed by atoms with Gasteiger partial charge in [0, 0.05) is 32.4 Å². The first-order chi connectivity index (χ1) is 16.0. The third-order valence-corrected chi connectivity index (χ3v) is 9.45. The normalized spacial score (nSPS) is 18.9. The molecule has 2 fully saturated rings. The van der Waals surface area contributed by atoms with Crippen LogP contribution >= 0.6 is 11.8 Å². The molecule has 178 valence electrons. The summed E-state index contributed by atoms with van der Waals surface area (Å²) in [6, 6.07) is 13.0. The van der Waals surface area contributed by atoms with Gasteiger partial charge in [0.25, 0.3) is 0 Å². The number of carbonyl (C=O) groups excluding carboxylic acids is 1. The Balaban J connectivity index is 1.52. The SMILES string of the molecule is CN(C1CCCCC1)S(=O)(=O)c1ccc(S[C@@H](C(=O)N2CCOCC2)c2ccccc2)nc1. The van der Waals surface area contributed by atoms with Gasteiger partial charge in [0.2, 0.25) is 15.9 Å². The molecule has 1 aliphatic carbocycles. The Bertz CT molecular complexity index is 1020. The van der Waals surface area contributed by atoms with E-state index in [2.05, 4.69) is 4.98 Å². The number of carbonyl (C=O) groups is 1. The highest BCUT2D eigenvalue weighted by atomic mass is 32.2. The van der Waals surface area contributed by atoms with Crippen molar-refractivity contribution in [2.24, 2.45) is 0 Å². The molecule has 1 atom stereocenters. The maximum Gasteiger partial charge on any atom is 0.244 e. The summed E-state index contributed by atoms with van der Waals surface area (Å²) < 4.78 is 33.1. The fourth-order valence-corrected chi connectivity index (χ4v) is 6.76. The van der Waals surface area contributed by atoms with Gasteiger partial charge in [-0.25, -0.2) is 13.4 Å². The molecule has 2 aliphatic rings. The number of rotatable bonds is 7. The topological polar surface area (TPSA) is 79.8 Å². The molecule has 1 aromatic heterocycles. The first-order valence-electron chi connectivity index (χ1n) is 11.5. The van der Waals surface area contributed by atoms with Gasteiger partial charge in [-0.2, -0.15) is 4.31 Å². The van der Waals surface area contributed by atoms with E-state index in [4.69, 9.17) is 4.74 Å². The Labute approximate surface area is 200 Å². The molecular weight excluding hydrogens is 458 g/mol. The zero-order chi connectivity index (χ0) is 23.3. The maximum absolute atomic E-state index is 13.3.